The lowest BCUT2D eigenvalue weighted by molar-refractivity contribution is -0.105. The third-order valence-electron chi connectivity index (χ3n) is 4.48. The highest BCUT2D eigenvalue weighted by Gasteiger charge is 2.34. The van der Waals surface area contributed by atoms with E-state index >= 15 is 0 Å². The van der Waals surface area contributed by atoms with Crippen molar-refractivity contribution >= 4 is 17.4 Å². The first-order chi connectivity index (χ1) is 13.8. The smallest absolute Gasteiger partial charge is 0.194 e. The van der Waals surface area contributed by atoms with Crippen molar-refractivity contribution in [2.45, 2.75) is 37.8 Å². The first kappa shape index (κ1) is 23.3. The van der Waals surface area contributed by atoms with Gasteiger partial charge in [0.2, 0.25) is 0 Å². The highest BCUT2D eigenvalue weighted by molar-refractivity contribution is 6.31. The van der Waals surface area contributed by atoms with Crippen LogP contribution in [-0.2, 0) is 6.42 Å². The van der Waals surface area contributed by atoms with Gasteiger partial charge in [-0.2, -0.15) is 0 Å². The molecular weight excluding hydrogens is 400 g/mol. The summed E-state index contributed by atoms with van der Waals surface area (Å²) in [5.41, 5.74) is 1.66. The molecule has 0 heterocycles. The van der Waals surface area contributed by atoms with E-state index in [0.717, 1.165) is 11.3 Å². The highest BCUT2D eigenvalue weighted by atomic mass is 35.5. The van der Waals surface area contributed by atoms with E-state index in [4.69, 9.17) is 21.4 Å². The zero-order valence-corrected chi connectivity index (χ0v) is 16.7. The van der Waals surface area contributed by atoms with Crippen LogP contribution in [0, 0.1) is 0 Å². The summed E-state index contributed by atoms with van der Waals surface area (Å²) in [6, 6.07) is 11.8. The molecule has 8 heteroatoms. The van der Waals surface area contributed by atoms with Gasteiger partial charge >= 0.3 is 0 Å². The molecular formula is C21H25ClO7. The summed E-state index contributed by atoms with van der Waals surface area (Å²) < 4.78 is 5.40. The van der Waals surface area contributed by atoms with Crippen LogP contribution in [0.3, 0.4) is 0 Å². The van der Waals surface area contributed by atoms with Crippen LogP contribution in [0.15, 0.2) is 42.5 Å². The maximum absolute atomic E-state index is 12.5. The van der Waals surface area contributed by atoms with Crippen LogP contribution in [-0.4, -0.2) is 68.9 Å². The van der Waals surface area contributed by atoms with E-state index in [1.807, 2.05) is 31.2 Å². The number of halogens is 1. The summed E-state index contributed by atoms with van der Waals surface area (Å²) in [5.74, 6) is -0.0988. The SMILES string of the molecule is CCOc1ccc(Cc2cc(C(=O)[C@H](O)[C@H](O)[C@H](O)[C@H](O)CO)ccc2Cl)cc1. The quantitative estimate of drug-likeness (QED) is 0.359. The molecule has 0 radical (unpaired) electrons. The van der Waals surface area contributed by atoms with Gasteiger partial charge in [0.15, 0.2) is 5.78 Å². The first-order valence-electron chi connectivity index (χ1n) is 9.16. The molecule has 0 saturated heterocycles. The van der Waals surface area contributed by atoms with Gasteiger partial charge in [-0.1, -0.05) is 23.7 Å². The molecule has 0 unspecified atom stereocenters. The Morgan fingerprint density at radius 1 is 1.03 bits per heavy atom. The van der Waals surface area contributed by atoms with Gasteiger partial charge in [-0.25, -0.2) is 0 Å². The maximum atomic E-state index is 12.5. The molecule has 0 amide bonds. The van der Waals surface area contributed by atoms with Gasteiger partial charge in [0.25, 0.3) is 0 Å². The van der Waals surface area contributed by atoms with Crippen molar-refractivity contribution in [3.63, 3.8) is 0 Å². The summed E-state index contributed by atoms with van der Waals surface area (Å²) in [6.07, 6.45) is -7.08. The van der Waals surface area contributed by atoms with Crippen LogP contribution in [0.4, 0.5) is 0 Å². The predicted octanol–water partition coefficient (Wildman–Crippen LogP) is 0.948. The van der Waals surface area contributed by atoms with Gasteiger partial charge < -0.3 is 30.3 Å². The summed E-state index contributed by atoms with van der Waals surface area (Å²) >= 11 is 6.24. The number of carbonyl (C=O) groups excluding carboxylic acids is 1. The molecule has 7 nitrogen and oxygen atoms in total. The number of aliphatic hydroxyl groups excluding tert-OH is 5. The van der Waals surface area contributed by atoms with Crippen LogP contribution in [0.1, 0.15) is 28.4 Å². The Labute approximate surface area is 173 Å². The summed E-state index contributed by atoms with van der Waals surface area (Å²) in [5, 5.41) is 48.4. The number of carbonyl (C=O) groups is 1. The Kier molecular flexibility index (Phi) is 8.58. The lowest BCUT2D eigenvalue weighted by Gasteiger charge is -2.25. The maximum Gasteiger partial charge on any atom is 0.194 e. The molecule has 5 N–H and O–H groups in total. The zero-order valence-electron chi connectivity index (χ0n) is 15.9. The number of Topliss-reactive ketones (excluding diaryl/α,β-unsaturated/α-hetero) is 1. The normalized spacial score (nSPS) is 15.4. The summed E-state index contributed by atoms with van der Waals surface area (Å²) in [4.78, 5) is 12.5. The molecule has 0 aliphatic heterocycles. The number of hydrogen-bond acceptors (Lipinski definition) is 7. The number of ketones is 1. The molecule has 0 saturated carbocycles. The Hall–Kier alpha value is -2.00. The minimum absolute atomic E-state index is 0.0903. The van der Waals surface area contributed by atoms with Gasteiger partial charge in [0.05, 0.1) is 13.2 Å². The van der Waals surface area contributed by atoms with Crippen LogP contribution in [0.25, 0.3) is 0 Å². The fraction of sp³-hybridized carbons (Fsp3) is 0.381. The zero-order chi connectivity index (χ0) is 21.6. The molecule has 0 fully saturated rings. The Morgan fingerprint density at radius 3 is 2.28 bits per heavy atom. The monoisotopic (exact) mass is 424 g/mol. The van der Waals surface area contributed by atoms with Crippen molar-refractivity contribution in [2.75, 3.05) is 13.2 Å². The minimum Gasteiger partial charge on any atom is -0.494 e. The average Bonchev–Trinajstić information content (AvgIpc) is 2.74. The van der Waals surface area contributed by atoms with E-state index in [9.17, 15) is 25.2 Å². The van der Waals surface area contributed by atoms with Crippen LogP contribution in [0.5, 0.6) is 5.75 Å². The van der Waals surface area contributed by atoms with E-state index < -0.39 is 36.8 Å². The molecule has 0 aromatic heterocycles. The summed E-state index contributed by atoms with van der Waals surface area (Å²) in [6.45, 7) is 1.63. The molecule has 0 spiro atoms. The number of rotatable bonds is 10. The standard InChI is InChI=1S/C21H25ClO7/c1-2-29-15-6-3-12(4-7-15)9-14-10-13(5-8-16(14)22)18(25)20(27)21(28)19(26)17(24)11-23/h3-8,10,17,19-21,23-24,26-28H,2,9,11H2,1H3/t17-,19-,20+,21-/m1/s1. The number of ether oxygens (including phenoxy) is 1. The molecule has 2 aromatic rings. The second-order valence-corrected chi connectivity index (χ2v) is 7.01. The fourth-order valence-electron chi connectivity index (χ4n) is 2.80. The molecule has 0 bridgehead atoms. The molecule has 2 rings (SSSR count). The third kappa shape index (κ3) is 5.99. The van der Waals surface area contributed by atoms with Crippen LogP contribution in [0.2, 0.25) is 5.02 Å². The van der Waals surface area contributed by atoms with Gasteiger partial charge in [-0.3, -0.25) is 4.79 Å². The van der Waals surface area contributed by atoms with Crippen molar-refractivity contribution < 1.29 is 35.1 Å². The largest absolute Gasteiger partial charge is 0.494 e. The average molecular weight is 425 g/mol. The van der Waals surface area contributed by atoms with E-state index in [-0.39, 0.29) is 5.56 Å². The van der Waals surface area contributed by atoms with E-state index in [1.54, 1.807) is 0 Å². The molecule has 4 atom stereocenters. The topological polar surface area (TPSA) is 127 Å². The molecule has 158 valence electrons. The lowest BCUT2D eigenvalue weighted by Crippen LogP contribution is -2.48. The van der Waals surface area contributed by atoms with E-state index in [0.29, 0.717) is 23.6 Å². The Morgan fingerprint density at radius 2 is 1.69 bits per heavy atom. The van der Waals surface area contributed by atoms with Crippen molar-refractivity contribution in [3.05, 3.63) is 64.2 Å². The molecule has 0 aliphatic rings. The van der Waals surface area contributed by atoms with Gasteiger partial charge in [-0.15, -0.1) is 0 Å². The van der Waals surface area contributed by atoms with Gasteiger partial charge in [0, 0.05) is 10.6 Å². The van der Waals surface area contributed by atoms with Crippen LogP contribution >= 0.6 is 11.6 Å². The van der Waals surface area contributed by atoms with Crippen molar-refractivity contribution in [1.82, 2.24) is 0 Å². The molecule has 29 heavy (non-hydrogen) atoms. The number of benzene rings is 2. The second-order valence-electron chi connectivity index (χ2n) is 6.60. The Bertz CT molecular complexity index is 809. The van der Waals surface area contributed by atoms with Gasteiger partial charge in [-0.05, 0) is 54.8 Å². The van der Waals surface area contributed by atoms with Crippen molar-refractivity contribution in [1.29, 1.82) is 0 Å². The third-order valence-corrected chi connectivity index (χ3v) is 4.85. The highest BCUT2D eigenvalue weighted by Crippen LogP contribution is 2.23. The number of aliphatic hydroxyl groups is 5. The number of hydrogen-bond donors (Lipinski definition) is 5. The summed E-state index contributed by atoms with van der Waals surface area (Å²) in [7, 11) is 0. The first-order valence-corrected chi connectivity index (χ1v) is 9.53. The molecule has 2 aromatic carbocycles. The predicted molar refractivity (Wildman–Crippen MR) is 107 cm³/mol. The van der Waals surface area contributed by atoms with Crippen molar-refractivity contribution in [3.8, 4) is 5.75 Å². The fourth-order valence-corrected chi connectivity index (χ4v) is 2.99. The van der Waals surface area contributed by atoms with Gasteiger partial charge in [0.1, 0.15) is 30.2 Å². The van der Waals surface area contributed by atoms with E-state index in [2.05, 4.69) is 0 Å². The molecule has 0 aliphatic carbocycles. The van der Waals surface area contributed by atoms with Crippen LogP contribution < -0.4 is 4.74 Å². The van der Waals surface area contributed by atoms with E-state index in [1.165, 1.54) is 18.2 Å². The lowest BCUT2D eigenvalue weighted by atomic mass is 9.94. The van der Waals surface area contributed by atoms with Crippen molar-refractivity contribution in [2.24, 2.45) is 0 Å². The minimum atomic E-state index is -1.98. The second kappa shape index (κ2) is 10.7. The Balaban J connectivity index is 2.17.